The summed E-state index contributed by atoms with van der Waals surface area (Å²) in [6, 6.07) is 15.9. The van der Waals surface area contributed by atoms with E-state index >= 15 is 0 Å². The van der Waals surface area contributed by atoms with Crippen molar-refractivity contribution in [3.63, 3.8) is 0 Å². The third kappa shape index (κ3) is 4.01. The molecule has 0 amide bonds. The number of benzene rings is 2. The molecule has 0 aliphatic rings. The first-order valence-electron chi connectivity index (χ1n) is 11.0. The fourth-order valence-corrected chi connectivity index (χ4v) is 4.60. The minimum atomic E-state index is -0.371. The molecule has 180 valence electrons. The van der Waals surface area contributed by atoms with Gasteiger partial charge in [0.2, 0.25) is 4.96 Å². The Morgan fingerprint density at radius 1 is 1.06 bits per heavy atom. The Kier molecular flexibility index (Phi) is 5.49. The molecule has 8 nitrogen and oxygen atoms in total. The molecule has 4 aromatic heterocycles. The van der Waals surface area contributed by atoms with Crippen LogP contribution in [0.25, 0.3) is 38.6 Å². The van der Waals surface area contributed by atoms with Crippen molar-refractivity contribution in [3.8, 4) is 39.4 Å². The maximum atomic E-state index is 14.2. The second-order valence-corrected chi connectivity index (χ2v) is 8.81. The molecule has 0 spiro atoms. The van der Waals surface area contributed by atoms with E-state index in [0.29, 0.717) is 49.9 Å². The van der Waals surface area contributed by atoms with E-state index in [1.165, 1.54) is 17.4 Å². The predicted octanol–water partition coefficient (Wildman–Crippen LogP) is 6.00. The summed E-state index contributed by atoms with van der Waals surface area (Å²) in [5, 5.41) is 5.62. The summed E-state index contributed by atoms with van der Waals surface area (Å²) in [5.74, 6) is 1.39. The third-order valence-corrected chi connectivity index (χ3v) is 6.50. The van der Waals surface area contributed by atoms with Gasteiger partial charge in [0, 0.05) is 23.9 Å². The molecule has 0 fully saturated rings. The first kappa shape index (κ1) is 22.1. The maximum Gasteiger partial charge on any atom is 0.294 e. The molecule has 0 radical (unpaired) electrons. The van der Waals surface area contributed by atoms with E-state index in [0.717, 1.165) is 10.9 Å². The van der Waals surface area contributed by atoms with Gasteiger partial charge in [-0.3, -0.25) is 4.98 Å². The number of nitrogens with zero attached hydrogens (tertiary/aromatic N) is 4. The zero-order valence-electron chi connectivity index (χ0n) is 19.3. The number of pyridine rings is 1. The molecule has 0 atom stereocenters. The summed E-state index contributed by atoms with van der Waals surface area (Å²) in [5.41, 5.74) is 3.09. The molecule has 0 bridgehead atoms. The van der Waals surface area contributed by atoms with Gasteiger partial charge in [-0.15, -0.1) is 5.10 Å². The molecule has 4 heterocycles. The smallest absolute Gasteiger partial charge is 0.294 e. The Labute approximate surface area is 208 Å². The minimum absolute atomic E-state index is 0.259. The van der Waals surface area contributed by atoms with E-state index in [4.69, 9.17) is 18.6 Å². The molecule has 36 heavy (non-hydrogen) atoms. The van der Waals surface area contributed by atoms with Crippen LogP contribution in [0.4, 0.5) is 4.39 Å². The van der Waals surface area contributed by atoms with E-state index in [-0.39, 0.29) is 12.4 Å². The van der Waals surface area contributed by atoms with Crippen LogP contribution in [0.5, 0.6) is 16.7 Å². The monoisotopic (exact) mass is 502 g/mol. The number of hydrogen-bond donors (Lipinski definition) is 0. The largest absolute Gasteiger partial charge is 0.496 e. The van der Waals surface area contributed by atoms with Crippen LogP contribution in [0.3, 0.4) is 0 Å². The van der Waals surface area contributed by atoms with Crippen LogP contribution in [0.15, 0.2) is 71.4 Å². The predicted molar refractivity (Wildman–Crippen MR) is 133 cm³/mol. The maximum absolute atomic E-state index is 14.2. The van der Waals surface area contributed by atoms with Gasteiger partial charge >= 0.3 is 0 Å². The van der Waals surface area contributed by atoms with Crippen molar-refractivity contribution < 1.29 is 23.0 Å². The lowest BCUT2D eigenvalue weighted by Crippen LogP contribution is -1.97. The highest BCUT2D eigenvalue weighted by Gasteiger charge is 2.17. The Morgan fingerprint density at radius 2 is 1.97 bits per heavy atom. The van der Waals surface area contributed by atoms with Crippen molar-refractivity contribution in [2.45, 2.75) is 6.61 Å². The molecule has 2 aromatic carbocycles. The second-order valence-electron chi connectivity index (χ2n) is 7.90. The van der Waals surface area contributed by atoms with Crippen LogP contribution in [0, 0.1) is 5.82 Å². The molecule has 0 aliphatic heterocycles. The van der Waals surface area contributed by atoms with Crippen LogP contribution in [-0.4, -0.2) is 33.8 Å². The Bertz CT molecular complexity index is 1680. The molecular formula is C26H19FN4O4S. The van der Waals surface area contributed by atoms with Crippen molar-refractivity contribution >= 4 is 27.3 Å². The van der Waals surface area contributed by atoms with Gasteiger partial charge in [-0.1, -0.05) is 18.2 Å². The number of aromatic nitrogens is 4. The highest BCUT2D eigenvalue weighted by Crippen LogP contribution is 2.37. The van der Waals surface area contributed by atoms with Crippen molar-refractivity contribution in [2.24, 2.45) is 0 Å². The lowest BCUT2D eigenvalue weighted by Gasteiger charge is -2.10. The van der Waals surface area contributed by atoms with Gasteiger partial charge in [0.05, 0.1) is 25.8 Å². The van der Waals surface area contributed by atoms with E-state index < -0.39 is 0 Å². The fraction of sp³-hybridized carbons (Fsp3) is 0.115. The number of imidazole rings is 1. The molecule has 0 saturated carbocycles. The summed E-state index contributed by atoms with van der Waals surface area (Å²) >= 11 is 1.34. The highest BCUT2D eigenvalue weighted by atomic mass is 32.1. The van der Waals surface area contributed by atoms with Crippen molar-refractivity contribution in [3.05, 3.63) is 78.4 Å². The van der Waals surface area contributed by atoms with Crippen molar-refractivity contribution in [2.75, 3.05) is 14.2 Å². The normalized spacial score (nSPS) is 11.3. The van der Waals surface area contributed by atoms with E-state index in [1.807, 2.05) is 36.4 Å². The van der Waals surface area contributed by atoms with Gasteiger partial charge in [-0.2, -0.15) is 0 Å². The van der Waals surface area contributed by atoms with Gasteiger partial charge in [0.1, 0.15) is 40.9 Å². The zero-order chi connectivity index (χ0) is 24.6. The Hall–Kier alpha value is -4.44. The van der Waals surface area contributed by atoms with Crippen LogP contribution in [-0.2, 0) is 6.61 Å². The molecule has 6 aromatic rings. The number of rotatable bonds is 7. The summed E-state index contributed by atoms with van der Waals surface area (Å²) < 4.78 is 38.8. The SMILES string of the molecule is COc1cc(OCc2cccc(-c3ncccc3F)c2)c2cc(-c3cn4nc(OC)sc4n3)oc2c1. The third-order valence-electron chi connectivity index (χ3n) is 5.61. The van der Waals surface area contributed by atoms with Crippen LogP contribution >= 0.6 is 11.3 Å². The van der Waals surface area contributed by atoms with E-state index in [2.05, 4.69) is 15.1 Å². The molecule has 0 N–H and O–H groups in total. The average Bonchev–Trinajstić information content (AvgIpc) is 3.60. The Morgan fingerprint density at radius 3 is 2.78 bits per heavy atom. The number of furan rings is 1. The first-order chi connectivity index (χ1) is 17.6. The molecular weight excluding hydrogens is 483 g/mol. The van der Waals surface area contributed by atoms with E-state index in [1.54, 1.807) is 43.3 Å². The van der Waals surface area contributed by atoms with Crippen molar-refractivity contribution in [1.82, 2.24) is 19.6 Å². The van der Waals surface area contributed by atoms with Gasteiger partial charge in [0.15, 0.2) is 5.76 Å². The molecule has 0 unspecified atom stereocenters. The summed E-state index contributed by atoms with van der Waals surface area (Å²) in [7, 11) is 3.16. The summed E-state index contributed by atoms with van der Waals surface area (Å²) in [6.07, 6.45) is 3.35. The Balaban J connectivity index is 1.31. The van der Waals surface area contributed by atoms with E-state index in [9.17, 15) is 4.39 Å². The molecule has 6 rings (SSSR count). The standard InChI is InChI=1S/C26H19FN4O4S/c1-32-17-10-21(34-14-15-5-3-6-16(9-15)24-19(27)7-4-8-28-24)18-12-23(35-22(18)11-17)20-13-31-25(29-20)36-26(30-31)33-2/h3-13H,14H2,1-2H3. The number of hydrogen-bond acceptors (Lipinski definition) is 8. The minimum Gasteiger partial charge on any atom is -0.496 e. The number of fused-ring (bicyclic) bond motifs is 2. The lowest BCUT2D eigenvalue weighted by atomic mass is 10.1. The van der Waals surface area contributed by atoms with Crippen LogP contribution in [0.1, 0.15) is 5.56 Å². The number of halogens is 1. The summed E-state index contributed by atoms with van der Waals surface area (Å²) in [6.45, 7) is 0.259. The van der Waals surface area contributed by atoms with Gasteiger partial charge in [0.25, 0.3) is 5.19 Å². The topological polar surface area (TPSA) is 83.9 Å². The van der Waals surface area contributed by atoms with Crippen LogP contribution < -0.4 is 14.2 Å². The molecule has 0 aliphatic carbocycles. The number of methoxy groups -OCH3 is 2. The second kappa shape index (κ2) is 8.97. The van der Waals surface area contributed by atoms with Gasteiger partial charge < -0.3 is 18.6 Å². The molecule has 10 heteroatoms. The van der Waals surface area contributed by atoms with Crippen molar-refractivity contribution in [1.29, 1.82) is 0 Å². The zero-order valence-corrected chi connectivity index (χ0v) is 20.1. The fourth-order valence-electron chi connectivity index (χ4n) is 3.90. The van der Waals surface area contributed by atoms with Gasteiger partial charge in [-0.25, -0.2) is 13.9 Å². The molecule has 0 saturated heterocycles. The summed E-state index contributed by atoms with van der Waals surface area (Å²) in [4.78, 5) is 9.45. The highest BCUT2D eigenvalue weighted by molar-refractivity contribution is 7.18. The lowest BCUT2D eigenvalue weighted by molar-refractivity contribution is 0.307. The first-order valence-corrected chi connectivity index (χ1v) is 11.8. The van der Waals surface area contributed by atoms with Crippen LogP contribution in [0.2, 0.25) is 0 Å². The van der Waals surface area contributed by atoms with Gasteiger partial charge in [-0.05, 0) is 41.2 Å². The number of ether oxygens (including phenoxy) is 3. The average molecular weight is 503 g/mol. The quantitative estimate of drug-likeness (QED) is 0.265.